The maximum absolute atomic E-state index is 11.6. The van der Waals surface area contributed by atoms with Crippen molar-refractivity contribution in [1.29, 1.82) is 0 Å². The fourth-order valence-electron chi connectivity index (χ4n) is 8.83. The van der Waals surface area contributed by atoms with Crippen LogP contribution in [0.1, 0.15) is 62.5 Å². The second-order valence-corrected chi connectivity index (χ2v) is 16.8. The van der Waals surface area contributed by atoms with Crippen LogP contribution in [0, 0.1) is 5.92 Å². The van der Waals surface area contributed by atoms with Crippen LogP contribution in [0.25, 0.3) is 16.7 Å². The van der Waals surface area contributed by atoms with Gasteiger partial charge in [0, 0.05) is 28.8 Å². The lowest BCUT2D eigenvalue weighted by Gasteiger charge is -2.45. The number of fused-ring (bicyclic) bond motifs is 4. The Morgan fingerprint density at radius 3 is 1.92 bits per heavy atom. The normalized spacial score (nSPS) is 18.1. The number of nitrogens with zero attached hydrogens (tertiary/aromatic N) is 2. The molecule has 0 bridgehead atoms. The van der Waals surface area contributed by atoms with Gasteiger partial charge in [0.15, 0.2) is 11.5 Å². The number of aliphatic hydroxyl groups excluding tert-OH is 1. The number of aliphatic hydroxyl groups is 1. The van der Waals surface area contributed by atoms with Gasteiger partial charge in [-0.25, -0.2) is 0 Å². The molecule has 0 spiro atoms. The van der Waals surface area contributed by atoms with E-state index in [2.05, 4.69) is 136 Å². The molecule has 5 aromatic carbocycles. The Kier molecular flexibility index (Phi) is 10.3. The molecule has 1 aliphatic carbocycles. The molecule has 3 heterocycles. The summed E-state index contributed by atoms with van der Waals surface area (Å²) in [6.45, 7) is 16.7. The number of ether oxygens (including phenoxy) is 3. The van der Waals surface area contributed by atoms with Crippen LogP contribution in [-0.2, 0) is 10.3 Å². The summed E-state index contributed by atoms with van der Waals surface area (Å²) in [5.41, 5.74) is 9.25. The van der Waals surface area contributed by atoms with Gasteiger partial charge in [-0.3, -0.25) is 0 Å². The SMILES string of the molecule is C=C/C=C\C1=CN(C(C)(C)C2C=CC(c3ccc4c(c3)Oc3cc(-c5ccc(C(C)(C)N6c7ccccc7Oc7ccccc76)cc5)ccc3C4O)=CC2)C(/C=C\C=C)=CO1. The minimum atomic E-state index is -0.796. The van der Waals surface area contributed by atoms with Crippen molar-refractivity contribution in [1.82, 2.24) is 4.90 Å². The first-order chi connectivity index (χ1) is 29.6. The molecule has 0 saturated heterocycles. The second kappa shape index (κ2) is 15.9. The van der Waals surface area contributed by atoms with E-state index in [1.54, 1.807) is 18.4 Å². The van der Waals surface area contributed by atoms with Crippen LogP contribution in [0.4, 0.5) is 11.4 Å². The highest BCUT2D eigenvalue weighted by Gasteiger charge is 2.38. The molecule has 61 heavy (non-hydrogen) atoms. The summed E-state index contributed by atoms with van der Waals surface area (Å²) in [6.07, 6.45) is 21.9. The first-order valence-electron chi connectivity index (χ1n) is 20.8. The minimum absolute atomic E-state index is 0.213. The van der Waals surface area contributed by atoms with E-state index in [1.165, 1.54) is 5.56 Å². The average Bonchev–Trinajstić information content (AvgIpc) is 3.29. The molecule has 6 heteroatoms. The van der Waals surface area contributed by atoms with Crippen molar-refractivity contribution in [3.05, 3.63) is 223 Å². The van der Waals surface area contributed by atoms with Crippen molar-refractivity contribution in [3.8, 4) is 34.1 Å². The lowest BCUT2D eigenvalue weighted by atomic mass is 9.79. The Morgan fingerprint density at radius 2 is 1.28 bits per heavy atom. The number of para-hydroxylation sites is 4. The lowest BCUT2D eigenvalue weighted by Crippen LogP contribution is -2.46. The van der Waals surface area contributed by atoms with E-state index in [1.807, 2.05) is 73.0 Å². The van der Waals surface area contributed by atoms with Gasteiger partial charge in [-0.05, 0) is 110 Å². The van der Waals surface area contributed by atoms with E-state index >= 15 is 0 Å². The molecule has 0 radical (unpaired) electrons. The Labute approximate surface area is 359 Å². The van der Waals surface area contributed by atoms with Gasteiger partial charge in [0.2, 0.25) is 0 Å². The van der Waals surface area contributed by atoms with Crippen molar-refractivity contribution in [2.45, 2.75) is 51.3 Å². The minimum Gasteiger partial charge on any atom is -0.461 e. The molecule has 4 aliphatic rings. The molecular formula is C55H50N2O4. The van der Waals surface area contributed by atoms with Crippen LogP contribution in [-0.4, -0.2) is 15.5 Å². The summed E-state index contributed by atoms with van der Waals surface area (Å²) in [5.74, 6) is 3.96. The van der Waals surface area contributed by atoms with Gasteiger partial charge in [0.25, 0.3) is 0 Å². The molecule has 0 fully saturated rings. The molecule has 2 atom stereocenters. The second-order valence-electron chi connectivity index (χ2n) is 16.8. The van der Waals surface area contributed by atoms with E-state index in [0.29, 0.717) is 11.5 Å². The van der Waals surface area contributed by atoms with Crippen LogP contribution in [0.15, 0.2) is 201 Å². The highest BCUT2D eigenvalue weighted by molar-refractivity contribution is 5.80. The molecule has 0 aromatic heterocycles. The predicted octanol–water partition coefficient (Wildman–Crippen LogP) is 14.0. The van der Waals surface area contributed by atoms with Gasteiger partial charge in [-0.1, -0.05) is 128 Å². The molecule has 1 N–H and O–H groups in total. The lowest BCUT2D eigenvalue weighted by molar-refractivity contribution is 0.153. The quantitative estimate of drug-likeness (QED) is 0.142. The summed E-state index contributed by atoms with van der Waals surface area (Å²) < 4.78 is 18.8. The van der Waals surface area contributed by atoms with Crippen molar-refractivity contribution in [3.63, 3.8) is 0 Å². The third kappa shape index (κ3) is 7.23. The fourth-order valence-corrected chi connectivity index (χ4v) is 8.83. The molecular weight excluding hydrogens is 753 g/mol. The summed E-state index contributed by atoms with van der Waals surface area (Å²) in [7, 11) is 0. The predicted molar refractivity (Wildman–Crippen MR) is 248 cm³/mol. The summed E-state index contributed by atoms with van der Waals surface area (Å²) in [4.78, 5) is 4.64. The molecule has 9 rings (SSSR count). The van der Waals surface area contributed by atoms with E-state index in [4.69, 9.17) is 14.2 Å². The van der Waals surface area contributed by atoms with Gasteiger partial charge < -0.3 is 29.1 Å². The zero-order chi connectivity index (χ0) is 42.3. The Morgan fingerprint density at radius 1 is 0.689 bits per heavy atom. The summed E-state index contributed by atoms with van der Waals surface area (Å²) in [6, 6.07) is 37.4. The van der Waals surface area contributed by atoms with E-state index in [0.717, 1.165) is 74.1 Å². The number of rotatable bonds is 10. The molecule has 5 aromatic rings. The van der Waals surface area contributed by atoms with Gasteiger partial charge in [-0.15, -0.1) is 0 Å². The van der Waals surface area contributed by atoms with Crippen LogP contribution in [0.3, 0.4) is 0 Å². The van der Waals surface area contributed by atoms with Crippen LogP contribution < -0.4 is 14.4 Å². The van der Waals surface area contributed by atoms with Gasteiger partial charge in [0.1, 0.15) is 29.6 Å². The first-order valence-corrected chi connectivity index (χ1v) is 20.8. The van der Waals surface area contributed by atoms with E-state index < -0.39 is 11.6 Å². The summed E-state index contributed by atoms with van der Waals surface area (Å²) in [5, 5.41) is 11.6. The highest BCUT2D eigenvalue weighted by atomic mass is 16.5. The Bertz CT molecular complexity index is 2680. The average molecular weight is 803 g/mol. The number of hydrogen-bond acceptors (Lipinski definition) is 6. The molecule has 304 valence electrons. The number of anilines is 2. The van der Waals surface area contributed by atoms with Crippen LogP contribution in [0.5, 0.6) is 23.0 Å². The maximum Gasteiger partial charge on any atom is 0.151 e. The molecule has 3 aliphatic heterocycles. The fraction of sp³-hybridized carbons (Fsp3) is 0.164. The Balaban J connectivity index is 0.935. The number of allylic oxidation sites excluding steroid dienone is 9. The van der Waals surface area contributed by atoms with Gasteiger partial charge >= 0.3 is 0 Å². The van der Waals surface area contributed by atoms with Crippen molar-refractivity contribution >= 4 is 16.9 Å². The maximum atomic E-state index is 11.6. The number of hydrogen-bond donors (Lipinski definition) is 1. The van der Waals surface area contributed by atoms with Crippen molar-refractivity contribution < 1.29 is 19.3 Å². The third-order valence-corrected chi connectivity index (χ3v) is 12.4. The highest BCUT2D eigenvalue weighted by Crippen LogP contribution is 2.52. The Hall–Kier alpha value is -7.02. The monoisotopic (exact) mass is 802 g/mol. The molecule has 6 nitrogen and oxygen atoms in total. The summed E-state index contributed by atoms with van der Waals surface area (Å²) >= 11 is 0. The van der Waals surface area contributed by atoms with Crippen LogP contribution in [0.2, 0.25) is 0 Å². The largest absolute Gasteiger partial charge is 0.461 e. The van der Waals surface area contributed by atoms with Crippen molar-refractivity contribution in [2.75, 3.05) is 4.90 Å². The molecule has 2 unspecified atom stereocenters. The standard InChI is InChI=1S/C55H50N2O4/c1-7-9-15-43-36-59-44(16-10-8-2)35-56(43)54(3,4)41-27-21-37(22-28-41)39-25-31-45-51(33-39)61-52-34-40(26-32-46(52)53(45)58)38-23-29-42(30-24-38)55(5,6)57-47-17-11-13-19-49(47)60-50-20-14-12-18-48(50)57/h7-27,29-36,41,53,58H,1-2,28H2,3-6H3/b15-9-,16-10-. The van der Waals surface area contributed by atoms with Gasteiger partial charge in [0.05, 0.1) is 22.6 Å². The van der Waals surface area contributed by atoms with E-state index in [-0.39, 0.29) is 11.5 Å². The topological polar surface area (TPSA) is 54.4 Å². The van der Waals surface area contributed by atoms with E-state index in [9.17, 15) is 5.11 Å². The smallest absolute Gasteiger partial charge is 0.151 e. The number of benzene rings is 5. The molecule has 0 saturated carbocycles. The first kappa shape index (κ1) is 39.4. The zero-order valence-corrected chi connectivity index (χ0v) is 35.1. The van der Waals surface area contributed by atoms with Gasteiger partial charge in [-0.2, -0.15) is 0 Å². The van der Waals surface area contributed by atoms with Crippen LogP contribution >= 0.6 is 0 Å². The molecule has 0 amide bonds. The van der Waals surface area contributed by atoms with Crippen molar-refractivity contribution in [2.24, 2.45) is 5.92 Å². The zero-order valence-electron chi connectivity index (χ0n) is 35.1. The third-order valence-electron chi connectivity index (χ3n) is 12.4.